The average molecular weight is 285 g/mol. The van der Waals surface area contributed by atoms with Crippen molar-refractivity contribution in [2.45, 2.75) is 38.4 Å². The van der Waals surface area contributed by atoms with Crippen molar-refractivity contribution in [2.24, 2.45) is 5.41 Å². The van der Waals surface area contributed by atoms with Crippen molar-refractivity contribution in [1.29, 1.82) is 0 Å². The van der Waals surface area contributed by atoms with Crippen LogP contribution in [0, 0.1) is 5.41 Å². The van der Waals surface area contributed by atoms with E-state index in [1.807, 2.05) is 12.1 Å². The Balaban J connectivity index is 2.66. The van der Waals surface area contributed by atoms with Gasteiger partial charge in [-0.15, -0.1) is 0 Å². The van der Waals surface area contributed by atoms with Gasteiger partial charge in [-0.05, 0) is 36.0 Å². The van der Waals surface area contributed by atoms with Crippen molar-refractivity contribution in [1.82, 2.24) is 0 Å². The van der Waals surface area contributed by atoms with Crippen LogP contribution in [-0.2, 0) is 6.42 Å². The summed E-state index contributed by atoms with van der Waals surface area (Å²) in [5.41, 5.74) is 1.68. The molecule has 0 bridgehead atoms. The van der Waals surface area contributed by atoms with Crippen molar-refractivity contribution in [3.05, 3.63) is 29.8 Å². The number of ether oxygens (including phenoxy) is 1. The van der Waals surface area contributed by atoms with Crippen LogP contribution in [0.2, 0.25) is 0 Å². The lowest BCUT2D eigenvalue weighted by atomic mass is 9.84. The van der Waals surface area contributed by atoms with E-state index in [4.69, 9.17) is 4.74 Å². The van der Waals surface area contributed by atoms with Gasteiger partial charge < -0.3 is 4.74 Å². The van der Waals surface area contributed by atoms with Crippen molar-refractivity contribution in [2.75, 3.05) is 7.11 Å². The lowest BCUT2D eigenvalue weighted by Crippen LogP contribution is -2.25. The number of hydrogen-bond acceptors (Lipinski definition) is 1. The Kier molecular flexibility index (Phi) is 4.85. The van der Waals surface area contributed by atoms with Gasteiger partial charge in [0.1, 0.15) is 5.75 Å². The number of benzene rings is 1. The van der Waals surface area contributed by atoms with Crippen LogP contribution in [0.25, 0.3) is 0 Å². The molecule has 2 heteroatoms. The monoisotopic (exact) mass is 284 g/mol. The molecule has 0 fully saturated rings. The third kappa shape index (κ3) is 3.51. The molecule has 1 unspecified atom stereocenters. The zero-order chi connectivity index (χ0) is 12.2. The molecular formula is C14H21BrO. The van der Waals surface area contributed by atoms with Gasteiger partial charge in [-0.3, -0.25) is 0 Å². The minimum Gasteiger partial charge on any atom is -0.497 e. The van der Waals surface area contributed by atoms with Gasteiger partial charge in [0.2, 0.25) is 0 Å². The van der Waals surface area contributed by atoms with E-state index in [0.29, 0.717) is 10.2 Å². The molecule has 1 aromatic rings. The van der Waals surface area contributed by atoms with Crippen LogP contribution in [0.4, 0.5) is 0 Å². The van der Waals surface area contributed by atoms with Crippen LogP contribution in [-0.4, -0.2) is 11.9 Å². The molecule has 0 spiro atoms. The molecule has 0 amide bonds. The van der Waals surface area contributed by atoms with Crippen molar-refractivity contribution < 1.29 is 4.74 Å². The molecule has 0 heterocycles. The fraction of sp³-hybridized carbons (Fsp3) is 0.571. The Labute approximate surface area is 107 Å². The highest BCUT2D eigenvalue weighted by Gasteiger charge is 2.25. The zero-order valence-electron chi connectivity index (χ0n) is 10.6. The highest BCUT2D eigenvalue weighted by atomic mass is 79.9. The molecule has 0 radical (unpaired) electrons. The standard InChI is InChI=1S/C14H21BrO/c1-5-14(2,3)13(15)10-11-6-8-12(16-4)9-7-11/h6-9,13H,5,10H2,1-4H3. The second kappa shape index (κ2) is 5.72. The molecule has 1 atom stereocenters. The summed E-state index contributed by atoms with van der Waals surface area (Å²) in [7, 11) is 1.70. The maximum Gasteiger partial charge on any atom is 0.118 e. The van der Waals surface area contributed by atoms with E-state index in [-0.39, 0.29) is 0 Å². The molecule has 0 aromatic heterocycles. The van der Waals surface area contributed by atoms with Gasteiger partial charge >= 0.3 is 0 Å². The number of methoxy groups -OCH3 is 1. The third-order valence-electron chi connectivity index (χ3n) is 3.33. The first kappa shape index (κ1) is 13.6. The molecule has 0 saturated heterocycles. The van der Waals surface area contributed by atoms with E-state index < -0.39 is 0 Å². The molecule has 0 N–H and O–H groups in total. The molecule has 1 nitrogen and oxygen atoms in total. The first-order valence-electron chi connectivity index (χ1n) is 5.76. The lowest BCUT2D eigenvalue weighted by molar-refractivity contribution is 0.339. The first-order valence-corrected chi connectivity index (χ1v) is 6.68. The van der Waals surface area contributed by atoms with Crippen LogP contribution >= 0.6 is 15.9 Å². The number of rotatable bonds is 5. The van der Waals surface area contributed by atoms with Gasteiger partial charge in [0.05, 0.1) is 7.11 Å². The maximum absolute atomic E-state index is 5.15. The smallest absolute Gasteiger partial charge is 0.118 e. The molecule has 1 rings (SSSR count). The Morgan fingerprint density at radius 1 is 1.25 bits per heavy atom. The predicted octanol–water partition coefficient (Wildman–Crippen LogP) is 4.44. The highest BCUT2D eigenvalue weighted by molar-refractivity contribution is 9.09. The van der Waals surface area contributed by atoms with Gasteiger partial charge in [0.15, 0.2) is 0 Å². The van der Waals surface area contributed by atoms with Crippen LogP contribution in [0.15, 0.2) is 24.3 Å². The Morgan fingerprint density at radius 2 is 1.81 bits per heavy atom. The van der Waals surface area contributed by atoms with Gasteiger partial charge in [0, 0.05) is 4.83 Å². The van der Waals surface area contributed by atoms with Crippen LogP contribution in [0.3, 0.4) is 0 Å². The summed E-state index contributed by atoms with van der Waals surface area (Å²) >= 11 is 3.80. The van der Waals surface area contributed by atoms with E-state index in [0.717, 1.165) is 12.2 Å². The van der Waals surface area contributed by atoms with E-state index in [9.17, 15) is 0 Å². The quantitative estimate of drug-likeness (QED) is 0.727. The summed E-state index contributed by atoms with van der Waals surface area (Å²) in [5, 5.41) is 0. The topological polar surface area (TPSA) is 9.23 Å². The summed E-state index contributed by atoms with van der Waals surface area (Å²) in [6, 6.07) is 8.32. The normalized spacial score (nSPS) is 13.6. The van der Waals surface area contributed by atoms with Gasteiger partial charge in [-0.2, -0.15) is 0 Å². The largest absolute Gasteiger partial charge is 0.497 e. The van der Waals surface area contributed by atoms with Crippen molar-refractivity contribution >= 4 is 15.9 Å². The Morgan fingerprint density at radius 3 is 2.25 bits per heavy atom. The number of alkyl halides is 1. The molecule has 0 saturated carbocycles. The van der Waals surface area contributed by atoms with E-state index in [1.54, 1.807) is 7.11 Å². The summed E-state index contributed by atoms with van der Waals surface area (Å²) in [6.07, 6.45) is 2.24. The fourth-order valence-corrected chi connectivity index (χ4v) is 2.16. The number of hydrogen-bond donors (Lipinski definition) is 0. The molecule has 0 aliphatic rings. The van der Waals surface area contributed by atoms with Crippen molar-refractivity contribution in [3.8, 4) is 5.75 Å². The highest BCUT2D eigenvalue weighted by Crippen LogP contribution is 2.33. The summed E-state index contributed by atoms with van der Waals surface area (Å²) in [5.74, 6) is 0.921. The molecule has 1 aromatic carbocycles. The minimum atomic E-state index is 0.333. The van der Waals surface area contributed by atoms with Crippen molar-refractivity contribution in [3.63, 3.8) is 0 Å². The summed E-state index contributed by atoms with van der Waals surface area (Å²) in [6.45, 7) is 6.84. The molecule has 90 valence electrons. The average Bonchev–Trinajstić information content (AvgIpc) is 2.30. The second-order valence-corrected chi connectivity index (χ2v) is 5.97. The van der Waals surface area contributed by atoms with Crippen LogP contribution in [0.5, 0.6) is 5.75 Å². The SMILES string of the molecule is CCC(C)(C)C(Br)Cc1ccc(OC)cc1. The maximum atomic E-state index is 5.15. The lowest BCUT2D eigenvalue weighted by Gasteiger charge is -2.29. The zero-order valence-corrected chi connectivity index (χ0v) is 12.2. The fourth-order valence-electron chi connectivity index (χ4n) is 1.47. The van der Waals surface area contributed by atoms with E-state index >= 15 is 0 Å². The van der Waals surface area contributed by atoms with Gasteiger partial charge in [-0.25, -0.2) is 0 Å². The molecule has 0 aliphatic carbocycles. The van der Waals surface area contributed by atoms with Crippen LogP contribution in [0.1, 0.15) is 32.8 Å². The molecule has 16 heavy (non-hydrogen) atoms. The second-order valence-electron chi connectivity index (χ2n) is 4.86. The van der Waals surface area contributed by atoms with Crippen LogP contribution < -0.4 is 4.74 Å². The molecule has 0 aliphatic heterocycles. The molecular weight excluding hydrogens is 264 g/mol. The van der Waals surface area contributed by atoms with E-state index in [2.05, 4.69) is 48.8 Å². The third-order valence-corrected chi connectivity index (χ3v) is 4.90. The predicted molar refractivity (Wildman–Crippen MR) is 73.5 cm³/mol. The van der Waals surface area contributed by atoms with E-state index in [1.165, 1.54) is 12.0 Å². The summed E-state index contributed by atoms with van der Waals surface area (Å²) in [4.78, 5) is 0.512. The Hall–Kier alpha value is -0.500. The summed E-state index contributed by atoms with van der Waals surface area (Å²) < 4.78 is 5.15. The van der Waals surface area contributed by atoms with Gasteiger partial charge in [0.25, 0.3) is 0 Å². The first-order chi connectivity index (χ1) is 7.49. The number of halogens is 1. The Bertz CT molecular complexity index is 316. The minimum absolute atomic E-state index is 0.333. The van der Waals surface area contributed by atoms with Gasteiger partial charge in [-0.1, -0.05) is 48.8 Å².